The molecule has 64 valence electrons. The third-order valence-corrected chi connectivity index (χ3v) is 1.44. The molecule has 12 heavy (non-hydrogen) atoms. The zero-order valence-corrected chi connectivity index (χ0v) is 6.25. The second-order valence-corrected chi connectivity index (χ2v) is 2.36. The highest BCUT2D eigenvalue weighted by molar-refractivity contribution is 5.87. The fourth-order valence-corrected chi connectivity index (χ4v) is 0.892. The molecule has 0 aliphatic carbocycles. The largest absolute Gasteiger partial charge is 0.478 e. The number of rotatable bonds is 2. The summed E-state index contributed by atoms with van der Waals surface area (Å²) in [6.07, 6.45) is 0. The second-order valence-electron chi connectivity index (χ2n) is 2.36. The molecular formula is C8H8FNO2. The molecule has 0 aliphatic rings. The van der Waals surface area contributed by atoms with E-state index < -0.39 is 11.8 Å². The molecule has 0 saturated heterocycles. The lowest BCUT2D eigenvalue weighted by Crippen LogP contribution is -2.02. The van der Waals surface area contributed by atoms with Gasteiger partial charge in [0.1, 0.15) is 5.82 Å². The van der Waals surface area contributed by atoms with Gasteiger partial charge in [0.15, 0.2) is 0 Å². The summed E-state index contributed by atoms with van der Waals surface area (Å²) >= 11 is 0. The Balaban J connectivity index is 3.15. The number of carbonyl (C=O) groups is 1. The van der Waals surface area contributed by atoms with Crippen LogP contribution in [0, 0.1) is 5.82 Å². The highest BCUT2D eigenvalue weighted by Crippen LogP contribution is 2.08. The minimum Gasteiger partial charge on any atom is -0.478 e. The van der Waals surface area contributed by atoms with Gasteiger partial charge in [-0.1, -0.05) is 0 Å². The van der Waals surface area contributed by atoms with Crippen molar-refractivity contribution in [3.05, 3.63) is 35.1 Å². The van der Waals surface area contributed by atoms with Crippen molar-refractivity contribution < 1.29 is 14.3 Å². The number of carboxylic acid groups (broad SMARTS) is 1. The fourth-order valence-electron chi connectivity index (χ4n) is 0.892. The average Bonchev–Trinajstić information content (AvgIpc) is 2.03. The van der Waals surface area contributed by atoms with Crippen molar-refractivity contribution in [2.45, 2.75) is 6.54 Å². The average molecular weight is 169 g/mol. The Kier molecular flexibility index (Phi) is 2.40. The Morgan fingerprint density at radius 1 is 1.50 bits per heavy atom. The van der Waals surface area contributed by atoms with Gasteiger partial charge < -0.3 is 10.8 Å². The Bertz CT molecular complexity index is 312. The van der Waals surface area contributed by atoms with Crippen LogP contribution in [0.1, 0.15) is 15.9 Å². The van der Waals surface area contributed by atoms with E-state index in [-0.39, 0.29) is 12.1 Å². The van der Waals surface area contributed by atoms with Gasteiger partial charge in [0.2, 0.25) is 0 Å². The molecule has 0 atom stereocenters. The van der Waals surface area contributed by atoms with Crippen LogP contribution in [0.5, 0.6) is 0 Å². The third-order valence-electron chi connectivity index (χ3n) is 1.44. The summed E-state index contributed by atoms with van der Waals surface area (Å²) in [7, 11) is 0. The summed E-state index contributed by atoms with van der Waals surface area (Å²) in [6.45, 7) is 0.137. The van der Waals surface area contributed by atoms with Gasteiger partial charge in [-0.05, 0) is 23.8 Å². The maximum absolute atomic E-state index is 12.7. The number of aromatic carboxylic acids is 1. The van der Waals surface area contributed by atoms with E-state index >= 15 is 0 Å². The molecule has 0 fully saturated rings. The molecule has 3 nitrogen and oxygen atoms in total. The maximum Gasteiger partial charge on any atom is 0.335 e. The SMILES string of the molecule is NCc1cc(F)cc(C(=O)O)c1. The number of benzene rings is 1. The van der Waals surface area contributed by atoms with Gasteiger partial charge in [0.05, 0.1) is 5.56 Å². The van der Waals surface area contributed by atoms with Gasteiger partial charge in [-0.15, -0.1) is 0 Å². The van der Waals surface area contributed by atoms with Crippen LogP contribution >= 0.6 is 0 Å². The highest BCUT2D eigenvalue weighted by Gasteiger charge is 2.05. The number of nitrogens with two attached hydrogens (primary N) is 1. The first kappa shape index (κ1) is 8.67. The van der Waals surface area contributed by atoms with Crippen molar-refractivity contribution in [2.75, 3.05) is 0 Å². The summed E-state index contributed by atoms with van der Waals surface area (Å²) in [5.41, 5.74) is 5.63. The van der Waals surface area contributed by atoms with Crippen LogP contribution in [0.3, 0.4) is 0 Å². The molecule has 0 bridgehead atoms. The number of hydrogen-bond donors (Lipinski definition) is 2. The van der Waals surface area contributed by atoms with Crippen LogP contribution in [0.4, 0.5) is 4.39 Å². The normalized spacial score (nSPS) is 9.83. The number of hydrogen-bond acceptors (Lipinski definition) is 2. The molecule has 0 radical (unpaired) electrons. The van der Waals surface area contributed by atoms with Gasteiger partial charge in [0.25, 0.3) is 0 Å². The van der Waals surface area contributed by atoms with Gasteiger partial charge in [-0.3, -0.25) is 0 Å². The lowest BCUT2D eigenvalue weighted by molar-refractivity contribution is 0.0696. The first-order chi connectivity index (χ1) is 5.63. The van der Waals surface area contributed by atoms with E-state index in [0.29, 0.717) is 5.56 Å². The Hall–Kier alpha value is -1.42. The van der Waals surface area contributed by atoms with Crippen LogP contribution in [0.15, 0.2) is 18.2 Å². The minimum atomic E-state index is -1.15. The lowest BCUT2D eigenvalue weighted by atomic mass is 10.1. The van der Waals surface area contributed by atoms with Crippen molar-refractivity contribution in [1.82, 2.24) is 0 Å². The van der Waals surface area contributed by atoms with Crippen molar-refractivity contribution in [2.24, 2.45) is 5.73 Å². The zero-order valence-electron chi connectivity index (χ0n) is 6.25. The molecular weight excluding hydrogens is 161 g/mol. The van der Waals surface area contributed by atoms with Crippen LogP contribution in [-0.4, -0.2) is 11.1 Å². The predicted molar refractivity (Wildman–Crippen MR) is 41.3 cm³/mol. The molecule has 0 amide bonds. The molecule has 4 heteroatoms. The summed E-state index contributed by atoms with van der Waals surface area (Å²) in [6, 6.07) is 3.53. The predicted octanol–water partition coefficient (Wildman–Crippen LogP) is 0.983. The lowest BCUT2D eigenvalue weighted by Gasteiger charge is -1.99. The molecule has 0 aliphatic heterocycles. The smallest absolute Gasteiger partial charge is 0.335 e. The van der Waals surface area contributed by atoms with Gasteiger partial charge in [0, 0.05) is 6.54 Å². The van der Waals surface area contributed by atoms with Crippen molar-refractivity contribution in [3.8, 4) is 0 Å². The van der Waals surface area contributed by atoms with E-state index in [1.807, 2.05) is 0 Å². The summed E-state index contributed by atoms with van der Waals surface area (Å²) in [5.74, 6) is -1.72. The Morgan fingerprint density at radius 2 is 2.17 bits per heavy atom. The summed E-state index contributed by atoms with van der Waals surface area (Å²) in [5, 5.41) is 8.52. The first-order valence-electron chi connectivity index (χ1n) is 3.36. The van der Waals surface area contributed by atoms with Gasteiger partial charge in [-0.25, -0.2) is 9.18 Å². The van der Waals surface area contributed by atoms with Crippen LogP contribution in [0.25, 0.3) is 0 Å². The van der Waals surface area contributed by atoms with E-state index in [4.69, 9.17) is 10.8 Å². The Morgan fingerprint density at radius 3 is 2.67 bits per heavy atom. The van der Waals surface area contributed by atoms with Crippen molar-refractivity contribution in [3.63, 3.8) is 0 Å². The number of halogens is 1. The topological polar surface area (TPSA) is 63.3 Å². The maximum atomic E-state index is 12.7. The molecule has 0 unspecified atom stereocenters. The minimum absolute atomic E-state index is 0.0737. The summed E-state index contributed by atoms with van der Waals surface area (Å²) in [4.78, 5) is 10.4. The molecule has 0 heterocycles. The fraction of sp³-hybridized carbons (Fsp3) is 0.125. The third kappa shape index (κ3) is 1.79. The van der Waals surface area contributed by atoms with E-state index in [9.17, 15) is 9.18 Å². The van der Waals surface area contributed by atoms with Crippen LogP contribution < -0.4 is 5.73 Å². The molecule has 1 aromatic carbocycles. The molecule has 3 N–H and O–H groups in total. The van der Waals surface area contributed by atoms with Gasteiger partial charge >= 0.3 is 5.97 Å². The Labute approximate surface area is 68.6 Å². The quantitative estimate of drug-likeness (QED) is 0.693. The van der Waals surface area contributed by atoms with Crippen LogP contribution in [0.2, 0.25) is 0 Å². The monoisotopic (exact) mass is 169 g/mol. The molecule has 0 saturated carbocycles. The molecule has 0 aromatic heterocycles. The van der Waals surface area contributed by atoms with E-state index in [1.54, 1.807) is 0 Å². The first-order valence-corrected chi connectivity index (χ1v) is 3.36. The van der Waals surface area contributed by atoms with Gasteiger partial charge in [-0.2, -0.15) is 0 Å². The second kappa shape index (κ2) is 3.32. The van der Waals surface area contributed by atoms with E-state index in [0.717, 1.165) is 6.07 Å². The van der Waals surface area contributed by atoms with Crippen molar-refractivity contribution >= 4 is 5.97 Å². The molecule has 1 aromatic rings. The molecule has 0 spiro atoms. The number of carboxylic acids is 1. The van der Waals surface area contributed by atoms with Crippen LogP contribution in [-0.2, 0) is 6.54 Å². The summed E-state index contributed by atoms with van der Waals surface area (Å²) < 4.78 is 12.7. The van der Waals surface area contributed by atoms with E-state index in [1.165, 1.54) is 12.1 Å². The van der Waals surface area contributed by atoms with Crippen molar-refractivity contribution in [1.29, 1.82) is 0 Å². The highest BCUT2D eigenvalue weighted by atomic mass is 19.1. The van der Waals surface area contributed by atoms with E-state index in [2.05, 4.69) is 0 Å². The standard InChI is InChI=1S/C8H8FNO2/c9-7-2-5(4-10)1-6(3-7)8(11)12/h1-3H,4,10H2,(H,11,12). The zero-order chi connectivity index (χ0) is 9.14. The molecule has 1 rings (SSSR count).